The van der Waals surface area contributed by atoms with Crippen LogP contribution in [-0.2, 0) is 42.6 Å². The maximum atomic E-state index is 14.0. The first-order chi connectivity index (χ1) is 67.8. The number of carbonyl (C=O) groups excluding carboxylic acids is 3. The number of aryl methyl sites for hydroxylation is 4. The van der Waals surface area contributed by atoms with Gasteiger partial charge in [-0.2, -0.15) is 0 Å². The van der Waals surface area contributed by atoms with Crippen molar-refractivity contribution in [3.8, 4) is 0 Å². The minimum Gasteiger partial charge on any atom is -0.443 e. The fourth-order valence-corrected chi connectivity index (χ4v) is 19.1. The van der Waals surface area contributed by atoms with E-state index in [1.165, 1.54) is 49.1 Å². The molecule has 7 aliphatic carbocycles. The van der Waals surface area contributed by atoms with E-state index in [9.17, 15) is 95.2 Å². The third kappa shape index (κ3) is 26.6. The van der Waals surface area contributed by atoms with Crippen molar-refractivity contribution in [2.75, 3.05) is 31.1 Å². The number of fused-ring (bicyclic) bond motifs is 3. The number of aliphatic hydroxyl groups excluding tert-OH is 3. The van der Waals surface area contributed by atoms with E-state index in [0.717, 1.165) is 58.2 Å². The highest BCUT2D eigenvalue weighted by molar-refractivity contribution is 6.36. The molecule has 39 nitrogen and oxygen atoms in total. The van der Waals surface area contributed by atoms with E-state index < -0.39 is 209 Å². The second kappa shape index (κ2) is 43.0. The number of carbonyl (C=O) groups is 3. The van der Waals surface area contributed by atoms with Crippen LogP contribution in [0.2, 0.25) is 15.5 Å². The van der Waals surface area contributed by atoms with E-state index in [0.29, 0.717) is 72.3 Å². The SMILES string of the molecule is CC1(C)O[C@@H]2[C@H](O1)[C@@H](O)C[C@H]2N.C[C@@H]1C[C@H]1c1ccc(F)c(F)c1.Cc1nc(Cl)c([N+](=O)[O-])c(Cl)n1.Cc1nc(Cl)c([N+](=O)[O-])c(N(C(=O)OC(C)(C)C)[C@@H]2C[C@H]2c2ccc(F)c(F)c2)n1.Cc1nc(N[C@@H]2C[C@H](O)[C@H]3OC(C)(C)O[C@H]32)c(N)c(N(C(=O)OC(C)(C)C)[C@@H]2C[C@H]2c2ccc(F)c(F)c2)n1.Cc1nc(N[C@@H]2C[C@H](O)[C@H]3OC(C)(C)O[C@H]32)c([N+](=O)[O-])c(N(C(=O)OC(C)(C)C)[C@@H]2C[C@H]2c2ccc(F)c(F)c2)n1. The lowest BCUT2D eigenvalue weighted by Crippen LogP contribution is -2.40. The number of nitrogens with two attached hydrogens (primary N) is 2. The van der Waals surface area contributed by atoms with Gasteiger partial charge < -0.3 is 80.1 Å². The van der Waals surface area contributed by atoms with Crippen molar-refractivity contribution < 1.29 is 122 Å². The number of nitrogens with one attached hydrogen (secondary N) is 2. The summed E-state index contributed by atoms with van der Waals surface area (Å²) in [6.45, 7) is 34.2. The molecule has 18 rings (SSSR count). The van der Waals surface area contributed by atoms with E-state index in [1.807, 2.05) is 13.8 Å². The Morgan fingerprint density at radius 3 is 1.01 bits per heavy atom. The van der Waals surface area contributed by atoms with Crippen LogP contribution in [0.15, 0.2) is 72.8 Å². The van der Waals surface area contributed by atoms with Crippen LogP contribution in [0, 0.1) is 110 Å². The van der Waals surface area contributed by atoms with E-state index in [1.54, 1.807) is 110 Å². The Morgan fingerprint density at radius 1 is 0.404 bits per heavy atom. The van der Waals surface area contributed by atoms with Gasteiger partial charge in [0, 0.05) is 41.9 Å². The smallest absolute Gasteiger partial charge is 0.416 e. The molecule has 7 heterocycles. The maximum Gasteiger partial charge on any atom is 0.416 e. The summed E-state index contributed by atoms with van der Waals surface area (Å²) in [6, 6.07) is 12.0. The molecule has 50 heteroatoms. The molecular weight excluding hydrogens is 2000 g/mol. The van der Waals surface area contributed by atoms with Gasteiger partial charge in [-0.25, -0.2) is 89.4 Å². The number of nitrogens with zero attached hydrogens (tertiary/aromatic N) is 14. The van der Waals surface area contributed by atoms with Crippen molar-refractivity contribution in [3.63, 3.8) is 0 Å². The van der Waals surface area contributed by atoms with Crippen molar-refractivity contribution in [3.05, 3.63) is 211 Å². The molecule has 8 aromatic rings. The molecule has 0 bridgehead atoms. The van der Waals surface area contributed by atoms with E-state index >= 15 is 0 Å². The molecule has 20 atom stereocenters. The van der Waals surface area contributed by atoms with Crippen LogP contribution in [-0.4, -0.2) is 214 Å². The molecule has 146 heavy (non-hydrogen) atoms. The lowest BCUT2D eigenvalue weighted by Gasteiger charge is -2.29. The van der Waals surface area contributed by atoms with E-state index in [4.69, 9.17) is 88.9 Å². The minimum absolute atomic E-state index is 0.0909. The Kier molecular flexibility index (Phi) is 32.9. The summed E-state index contributed by atoms with van der Waals surface area (Å²) < 4.78 is 159. The third-order valence-corrected chi connectivity index (χ3v) is 25.5. The monoisotopic (exact) mass is 2110 g/mol. The number of hydrogen-bond donors (Lipinski definition) is 7. The van der Waals surface area contributed by atoms with Gasteiger partial charge in [0.05, 0.1) is 45.2 Å². The summed E-state index contributed by atoms with van der Waals surface area (Å²) in [5, 5.41) is 70.5. The molecule has 4 aromatic carbocycles. The molecule has 3 amide bonds. The second-order valence-corrected chi connectivity index (χ2v) is 42.5. The Hall–Kier alpha value is -11.5. The number of benzene rings is 4. The van der Waals surface area contributed by atoms with E-state index in [2.05, 4.69) is 57.4 Å². The van der Waals surface area contributed by atoms with Crippen LogP contribution >= 0.6 is 34.8 Å². The quantitative estimate of drug-likeness (QED) is 0.0146. The number of hydrogen-bond acceptors (Lipinski definition) is 33. The lowest BCUT2D eigenvalue weighted by atomic mass is 10.1. The molecule has 792 valence electrons. The molecule has 10 fully saturated rings. The van der Waals surface area contributed by atoms with Crippen molar-refractivity contribution in [2.24, 2.45) is 11.7 Å². The molecule has 0 unspecified atom stereocenters. The highest BCUT2D eigenvalue weighted by Gasteiger charge is 2.59. The number of halogens is 11. The van der Waals surface area contributed by atoms with Crippen LogP contribution in [0.5, 0.6) is 0 Å². The molecule has 4 aromatic heterocycles. The van der Waals surface area contributed by atoms with Crippen LogP contribution in [0.3, 0.4) is 0 Å². The molecule has 3 saturated heterocycles. The first-order valence-electron chi connectivity index (χ1n) is 46.7. The Morgan fingerprint density at radius 2 is 0.678 bits per heavy atom. The molecule has 0 spiro atoms. The number of ether oxygens (including phenoxy) is 9. The highest BCUT2D eigenvalue weighted by atomic mass is 35.5. The van der Waals surface area contributed by atoms with Crippen molar-refractivity contribution in [2.45, 2.75) is 332 Å². The van der Waals surface area contributed by atoms with Crippen LogP contribution in [0.1, 0.15) is 225 Å². The zero-order chi connectivity index (χ0) is 108. The predicted octanol–water partition coefficient (Wildman–Crippen LogP) is 18.0. The number of nitrogen functional groups attached to an aromatic ring is 1. The molecule has 3 aliphatic heterocycles. The third-order valence-electron chi connectivity index (χ3n) is 24.7. The van der Waals surface area contributed by atoms with Crippen LogP contribution in [0.25, 0.3) is 0 Å². The normalized spacial score (nSPS) is 26.7. The zero-order valence-corrected chi connectivity index (χ0v) is 85.5. The van der Waals surface area contributed by atoms with Crippen molar-refractivity contribution in [1.82, 2.24) is 39.9 Å². The Bertz CT molecular complexity index is 6260. The first kappa shape index (κ1) is 112. The fourth-order valence-electron chi connectivity index (χ4n) is 18.2. The number of aliphatic hydroxyl groups is 3. The highest BCUT2D eigenvalue weighted by Crippen LogP contribution is 2.55. The summed E-state index contributed by atoms with van der Waals surface area (Å²) in [6.07, 6.45) is -3.68. The number of nitro groups is 3. The molecule has 0 radical (unpaired) electrons. The van der Waals surface area contributed by atoms with Gasteiger partial charge in [0.2, 0.25) is 32.9 Å². The van der Waals surface area contributed by atoms with Gasteiger partial charge in [-0.3, -0.25) is 45.0 Å². The topological polar surface area (TPSA) is 513 Å². The molecule has 10 aliphatic rings. The summed E-state index contributed by atoms with van der Waals surface area (Å²) >= 11 is 16.9. The molecular formula is C96H115Cl3F8N18O21. The maximum absolute atomic E-state index is 14.0. The Labute approximate surface area is 848 Å². The van der Waals surface area contributed by atoms with Crippen molar-refractivity contribution in [1.29, 1.82) is 0 Å². The number of aromatic nitrogens is 8. The number of anilines is 6. The lowest BCUT2D eigenvalue weighted by molar-refractivity contribution is -0.385. The summed E-state index contributed by atoms with van der Waals surface area (Å²) in [7, 11) is 0. The van der Waals surface area contributed by atoms with Crippen LogP contribution < -0.4 is 36.8 Å². The summed E-state index contributed by atoms with van der Waals surface area (Å²) in [5.74, 6) is -9.27. The minimum atomic E-state index is -1.04. The second-order valence-electron chi connectivity index (χ2n) is 41.4. The zero-order valence-electron chi connectivity index (χ0n) is 83.2. The average molecular weight is 2120 g/mol. The predicted molar refractivity (Wildman–Crippen MR) is 514 cm³/mol. The van der Waals surface area contributed by atoms with Gasteiger partial charge in [0.1, 0.15) is 82.4 Å². The van der Waals surface area contributed by atoms with Gasteiger partial charge in [0.15, 0.2) is 75.5 Å². The van der Waals surface area contributed by atoms with E-state index in [-0.39, 0.29) is 99.3 Å². The Balaban J connectivity index is 0.000000157. The van der Waals surface area contributed by atoms with Gasteiger partial charge in [0.25, 0.3) is 0 Å². The van der Waals surface area contributed by atoms with Crippen LogP contribution in [0.4, 0.5) is 101 Å². The fraction of sp³-hybridized carbons (Fsp3) is 0.552. The largest absolute Gasteiger partial charge is 0.443 e. The number of amides is 3. The van der Waals surface area contributed by atoms with Crippen molar-refractivity contribution >= 4 is 105 Å². The average Bonchev–Trinajstić information content (AvgIpc) is 1.59. The molecule has 9 N–H and O–H groups in total. The van der Waals surface area contributed by atoms with Gasteiger partial charge >= 0.3 is 35.3 Å². The van der Waals surface area contributed by atoms with Gasteiger partial charge in [-0.05, 0) is 259 Å². The summed E-state index contributed by atoms with van der Waals surface area (Å²) in [5.41, 5.74) is 10.5. The molecule has 7 saturated carbocycles. The first-order valence-corrected chi connectivity index (χ1v) is 47.9. The van der Waals surface area contributed by atoms with Gasteiger partial charge in [-0.15, -0.1) is 0 Å². The summed E-state index contributed by atoms with van der Waals surface area (Å²) in [4.78, 5) is 108. The number of rotatable bonds is 17. The standard InChI is InChI=1S/C27H33F2N5O7.C27H35F2N5O5.C19H19ClF2N4O4.C10H10F2.C8H15NO3.C5H3Cl2N3O2/c1-12-30-23(32-17-11-19(35)22-21(17)39-27(5,6)40-22)20(34(37)38)24(31-12)33(25(36)41-26(2,3)4)18-10-14(18)13-7-8-15(28)16(29)9-13;1-12-31-23(33-17-11-19(35)22-21(17)37-27(5,6)38-22)20(30)24(32-12)34(25(36)39-26(2,3)4)18-10-14(18)13-7-8-15(28)16(29)9-13;1-9-23-16(20)15(26(28)29)17(24-9)25(18(27)30-19(2,3)4)14-8-11(14)10-5-6-12(21)13(22)7-10;1-6-4-8(6)7-2-3-9(11)10(12)5-7;1-8(2)11-6-4(9)3-5(10)7(6)12-8;1-2-8-4(6)3(10(11)12)5(7)9-2/h7-9,14,17-19,21-22,35H,10-11H2,1-6H3,(H,30,31,32);7-9,14,17-19,21-22,35H,10-11,30H2,1-6H3,(H,31,32,33);5-7,11,14H,8H2,1-4H3;2-3,5-6,8H,4H2,1H3;4-7,10H,3,9H2,1-2H3;1H3/t2*14-,17+,18+,19-,21-,22+;11-,14+;6-,8-;4-,5+,6+,7-;/m00011./s1. The van der Waals surface area contributed by atoms with Gasteiger partial charge in [-0.1, -0.05) is 66.0 Å².